The predicted octanol–water partition coefficient (Wildman–Crippen LogP) is -0.993. The summed E-state index contributed by atoms with van der Waals surface area (Å²) in [4.78, 5) is 3.14. The monoisotopic (exact) mass is 238 g/mol. The molecular formula is C12H13AlFLiN2. The van der Waals surface area contributed by atoms with Crippen LogP contribution in [0.1, 0.15) is 17.9 Å². The zero-order chi connectivity index (χ0) is 10.3. The Kier molecular flexibility index (Phi) is 5.32. The van der Waals surface area contributed by atoms with Crippen molar-refractivity contribution in [3.63, 3.8) is 0 Å². The summed E-state index contributed by atoms with van der Waals surface area (Å²) >= 11 is 0. The minimum absolute atomic E-state index is 0. The van der Waals surface area contributed by atoms with Crippen molar-refractivity contribution in [1.29, 1.82) is 0 Å². The van der Waals surface area contributed by atoms with Gasteiger partial charge in [-0.05, 0) is 42.6 Å². The number of nitrogens with one attached hydrogen (secondary N) is 2. The van der Waals surface area contributed by atoms with Crippen LogP contribution < -0.4 is 24.2 Å². The van der Waals surface area contributed by atoms with Crippen molar-refractivity contribution in [3.8, 4) is 0 Å². The van der Waals surface area contributed by atoms with Crippen molar-refractivity contribution < 1.29 is 23.3 Å². The van der Waals surface area contributed by atoms with E-state index in [2.05, 4.69) is 10.3 Å². The van der Waals surface area contributed by atoms with Gasteiger partial charge in [-0.2, -0.15) is 0 Å². The topological polar surface area (TPSA) is 27.8 Å². The number of fused-ring (bicyclic) bond motifs is 1. The van der Waals surface area contributed by atoms with Gasteiger partial charge >= 0.3 is 18.9 Å². The molecule has 17 heavy (non-hydrogen) atoms. The third-order valence-corrected chi connectivity index (χ3v) is 3.18. The molecule has 2 heterocycles. The third-order valence-electron chi connectivity index (χ3n) is 3.18. The molecule has 1 saturated heterocycles. The van der Waals surface area contributed by atoms with E-state index < -0.39 is 0 Å². The molecule has 82 valence electrons. The van der Waals surface area contributed by atoms with E-state index in [0.717, 1.165) is 24.0 Å². The molecule has 1 fully saturated rings. The number of halogens is 1. The first kappa shape index (κ1) is 14.8. The standard InChI is InChI=1S/C12H13FN2.Al.Li/c13-9-1-2-10-11(7-15-12(10)5-9)8-3-4-14-6-8;;/h1-2,5,7-8,14-15H,3-4,6H2;;/q;-1;+1. The molecule has 0 aliphatic carbocycles. The molecule has 2 N–H and O–H groups in total. The fourth-order valence-electron chi connectivity index (χ4n) is 2.38. The maximum atomic E-state index is 13.0. The van der Waals surface area contributed by atoms with Crippen molar-refractivity contribution in [3.05, 3.63) is 35.8 Å². The molecule has 2 aromatic rings. The minimum atomic E-state index is -0.180. The van der Waals surface area contributed by atoms with Gasteiger partial charge in [0.05, 0.1) is 0 Å². The van der Waals surface area contributed by atoms with E-state index in [1.54, 1.807) is 6.07 Å². The van der Waals surface area contributed by atoms with Crippen LogP contribution in [0, 0.1) is 5.82 Å². The summed E-state index contributed by atoms with van der Waals surface area (Å²) in [7, 11) is 0. The Morgan fingerprint density at radius 3 is 2.82 bits per heavy atom. The van der Waals surface area contributed by atoms with Gasteiger partial charge in [0.2, 0.25) is 0 Å². The van der Waals surface area contributed by atoms with E-state index in [1.807, 2.05) is 12.3 Å². The summed E-state index contributed by atoms with van der Waals surface area (Å²) in [5, 5.41) is 4.51. The molecule has 4 radical (unpaired) electrons. The summed E-state index contributed by atoms with van der Waals surface area (Å²) in [5.74, 6) is 0.393. The fourth-order valence-corrected chi connectivity index (χ4v) is 2.38. The maximum absolute atomic E-state index is 13.0. The number of hydrogen-bond acceptors (Lipinski definition) is 1. The van der Waals surface area contributed by atoms with Crippen molar-refractivity contribution >= 4 is 28.3 Å². The zero-order valence-corrected chi connectivity index (χ0v) is 11.1. The van der Waals surface area contributed by atoms with Crippen LogP contribution in [0.25, 0.3) is 10.9 Å². The predicted molar refractivity (Wildman–Crippen MR) is 64.2 cm³/mol. The molecule has 1 unspecified atom stereocenters. The van der Waals surface area contributed by atoms with Crippen molar-refractivity contribution in [2.45, 2.75) is 12.3 Å². The molecule has 1 atom stereocenters. The SMILES string of the molecule is Fc1ccc2c(C3CCNC3)c[nH]c2c1.[Al-].[Li+]. The number of aromatic nitrogens is 1. The first-order valence-corrected chi connectivity index (χ1v) is 5.32. The molecule has 2 nitrogen and oxygen atoms in total. The summed E-state index contributed by atoms with van der Waals surface area (Å²) in [6.45, 7) is 2.11. The van der Waals surface area contributed by atoms with Crippen LogP contribution in [0.5, 0.6) is 0 Å². The zero-order valence-electron chi connectivity index (χ0n) is 9.96. The molecule has 3 rings (SSSR count). The van der Waals surface area contributed by atoms with Crippen LogP contribution >= 0.6 is 0 Å². The molecule has 0 bridgehead atoms. The second kappa shape index (κ2) is 6.10. The molecule has 5 heteroatoms. The Hall–Kier alpha value is -0.220. The summed E-state index contributed by atoms with van der Waals surface area (Å²) < 4.78 is 13.0. The van der Waals surface area contributed by atoms with Gasteiger partial charge in [-0.25, -0.2) is 4.39 Å². The van der Waals surface area contributed by atoms with E-state index in [4.69, 9.17) is 0 Å². The van der Waals surface area contributed by atoms with Gasteiger partial charge in [0.1, 0.15) is 5.82 Å². The van der Waals surface area contributed by atoms with Crippen LogP contribution in [0.3, 0.4) is 0 Å². The summed E-state index contributed by atoms with van der Waals surface area (Å²) in [5.41, 5.74) is 2.21. The van der Waals surface area contributed by atoms with Gasteiger partial charge in [-0.3, -0.25) is 0 Å². The molecule has 1 aromatic carbocycles. The first-order valence-electron chi connectivity index (χ1n) is 5.32. The van der Waals surface area contributed by atoms with Gasteiger partial charge in [0.25, 0.3) is 0 Å². The van der Waals surface area contributed by atoms with Gasteiger partial charge in [-0.15, -0.1) is 0 Å². The van der Waals surface area contributed by atoms with E-state index in [-0.39, 0.29) is 42.0 Å². The number of benzene rings is 1. The second-order valence-corrected chi connectivity index (χ2v) is 4.12. The number of hydrogen-bond donors (Lipinski definition) is 2. The van der Waals surface area contributed by atoms with Crippen LogP contribution in [0.2, 0.25) is 0 Å². The number of aromatic amines is 1. The van der Waals surface area contributed by atoms with E-state index in [0.29, 0.717) is 5.92 Å². The average Bonchev–Trinajstić information content (AvgIpc) is 2.82. The van der Waals surface area contributed by atoms with Crippen LogP contribution in [0.15, 0.2) is 24.4 Å². The van der Waals surface area contributed by atoms with E-state index in [9.17, 15) is 4.39 Å². The Morgan fingerprint density at radius 2 is 2.12 bits per heavy atom. The van der Waals surface area contributed by atoms with Crippen LogP contribution in [-0.4, -0.2) is 35.4 Å². The smallest absolute Gasteiger partial charge is 1.00 e. The third kappa shape index (κ3) is 2.79. The summed E-state index contributed by atoms with van der Waals surface area (Å²) in [6.07, 6.45) is 3.19. The van der Waals surface area contributed by atoms with Gasteiger partial charge in [0.15, 0.2) is 0 Å². The molecule has 0 saturated carbocycles. The quantitative estimate of drug-likeness (QED) is 0.613. The Labute approximate surface area is 123 Å². The first-order chi connectivity index (χ1) is 7.34. The minimum Gasteiger partial charge on any atom is -1.00 e. The largest absolute Gasteiger partial charge is 1.00 e. The van der Waals surface area contributed by atoms with Crippen molar-refractivity contribution in [2.24, 2.45) is 0 Å². The Bertz CT molecular complexity index is 494. The van der Waals surface area contributed by atoms with Crippen LogP contribution in [0.4, 0.5) is 4.39 Å². The molecule has 1 aliphatic rings. The maximum Gasteiger partial charge on any atom is 1.00 e. The van der Waals surface area contributed by atoms with E-state index >= 15 is 0 Å². The van der Waals surface area contributed by atoms with Gasteiger partial charge < -0.3 is 27.7 Å². The second-order valence-electron chi connectivity index (χ2n) is 4.12. The average molecular weight is 238 g/mol. The van der Waals surface area contributed by atoms with Crippen LogP contribution in [-0.2, 0) is 0 Å². The molecule has 0 amide bonds. The number of rotatable bonds is 1. The molecular weight excluding hydrogens is 225 g/mol. The fraction of sp³-hybridized carbons (Fsp3) is 0.333. The van der Waals surface area contributed by atoms with Gasteiger partial charge in [0, 0.05) is 23.6 Å². The van der Waals surface area contributed by atoms with E-state index in [1.165, 1.54) is 18.1 Å². The molecule has 0 spiro atoms. The number of H-pyrrole nitrogens is 1. The Balaban J connectivity index is 0.000000722. The molecule has 1 aliphatic heterocycles. The van der Waals surface area contributed by atoms with Crippen molar-refractivity contribution in [2.75, 3.05) is 13.1 Å². The normalized spacial score (nSPS) is 18.8. The molecule has 1 aromatic heterocycles. The van der Waals surface area contributed by atoms with Crippen molar-refractivity contribution in [1.82, 2.24) is 10.3 Å². The summed E-state index contributed by atoms with van der Waals surface area (Å²) in [6, 6.07) is 4.96. The van der Waals surface area contributed by atoms with Gasteiger partial charge in [-0.1, -0.05) is 0 Å². The Morgan fingerprint density at radius 1 is 1.29 bits per heavy atom.